The highest BCUT2D eigenvalue weighted by Crippen LogP contribution is 2.20. The lowest BCUT2D eigenvalue weighted by atomic mass is 9.97. The number of nitrogens with zero attached hydrogens (tertiary/aromatic N) is 4. The fourth-order valence-electron chi connectivity index (χ4n) is 3.99. The molecule has 6 nitrogen and oxygen atoms in total. The first-order valence-electron chi connectivity index (χ1n) is 10.9. The Morgan fingerprint density at radius 2 is 2.07 bits per heavy atom. The molecule has 2 N–H and O–H groups in total. The first kappa shape index (κ1) is 21.4. The molecule has 0 amide bonds. The molecule has 2 atom stereocenters. The lowest BCUT2D eigenvalue weighted by Crippen LogP contribution is -2.51. The van der Waals surface area contributed by atoms with E-state index in [0.29, 0.717) is 12.1 Å². The number of aliphatic imine (C=N–C) groups is 1. The molecule has 2 aromatic rings. The summed E-state index contributed by atoms with van der Waals surface area (Å²) in [6, 6.07) is 11.8. The Hall–Kier alpha value is -2.34. The average Bonchev–Trinajstić information content (AvgIpc) is 3.13. The van der Waals surface area contributed by atoms with E-state index in [2.05, 4.69) is 71.0 Å². The van der Waals surface area contributed by atoms with Gasteiger partial charge in [-0.05, 0) is 50.7 Å². The highest BCUT2D eigenvalue weighted by Gasteiger charge is 2.25. The maximum atomic E-state index is 4.79. The maximum absolute atomic E-state index is 4.79. The predicted octanol–water partition coefficient (Wildman–Crippen LogP) is 2.96. The Kier molecular flexibility index (Phi) is 8.11. The molecule has 158 valence electrons. The third-order valence-corrected chi connectivity index (χ3v) is 5.58. The van der Waals surface area contributed by atoms with Crippen molar-refractivity contribution in [1.29, 1.82) is 0 Å². The smallest absolute Gasteiger partial charge is 0.191 e. The first-order chi connectivity index (χ1) is 14.1. The van der Waals surface area contributed by atoms with Crippen LogP contribution < -0.4 is 10.6 Å². The lowest BCUT2D eigenvalue weighted by Gasteiger charge is -2.38. The first-order valence-corrected chi connectivity index (χ1v) is 10.9. The van der Waals surface area contributed by atoms with E-state index in [1.165, 1.54) is 11.1 Å². The highest BCUT2D eigenvalue weighted by molar-refractivity contribution is 5.80. The van der Waals surface area contributed by atoms with Gasteiger partial charge < -0.3 is 10.6 Å². The van der Waals surface area contributed by atoms with Gasteiger partial charge >= 0.3 is 0 Å². The number of nitrogens with one attached hydrogen (secondary N) is 2. The van der Waals surface area contributed by atoms with Crippen LogP contribution in [-0.4, -0.2) is 52.4 Å². The maximum Gasteiger partial charge on any atom is 0.191 e. The van der Waals surface area contributed by atoms with Gasteiger partial charge in [0, 0.05) is 51.5 Å². The Balaban J connectivity index is 1.45. The zero-order chi connectivity index (χ0) is 20.5. The van der Waals surface area contributed by atoms with E-state index in [1.54, 1.807) is 0 Å². The summed E-state index contributed by atoms with van der Waals surface area (Å²) >= 11 is 0. The number of piperidine rings is 1. The summed E-state index contributed by atoms with van der Waals surface area (Å²) in [5, 5.41) is 11.3. The van der Waals surface area contributed by atoms with Crippen LogP contribution >= 0.6 is 0 Å². The Morgan fingerprint density at radius 3 is 2.76 bits per heavy atom. The summed E-state index contributed by atoms with van der Waals surface area (Å²) in [5.41, 5.74) is 2.68. The van der Waals surface area contributed by atoms with Crippen molar-refractivity contribution in [1.82, 2.24) is 25.3 Å². The number of hydrogen-bond donors (Lipinski definition) is 2. The molecule has 0 spiro atoms. The van der Waals surface area contributed by atoms with E-state index in [9.17, 15) is 0 Å². The van der Waals surface area contributed by atoms with Crippen molar-refractivity contribution < 1.29 is 0 Å². The number of aromatic nitrogens is 2. The van der Waals surface area contributed by atoms with Crippen molar-refractivity contribution in [3.8, 4) is 0 Å². The molecule has 0 bridgehead atoms. The highest BCUT2D eigenvalue weighted by atomic mass is 15.2. The van der Waals surface area contributed by atoms with Crippen LogP contribution in [0.3, 0.4) is 0 Å². The summed E-state index contributed by atoms with van der Waals surface area (Å²) in [7, 11) is 1.96. The molecule has 1 fully saturated rings. The van der Waals surface area contributed by atoms with Gasteiger partial charge in [0.15, 0.2) is 5.96 Å². The molecule has 1 aromatic heterocycles. The molecular weight excluding hydrogens is 360 g/mol. The summed E-state index contributed by atoms with van der Waals surface area (Å²) < 4.78 is 1.86. The largest absolute Gasteiger partial charge is 0.357 e. The van der Waals surface area contributed by atoms with Gasteiger partial charge in [0.2, 0.25) is 0 Å². The van der Waals surface area contributed by atoms with Gasteiger partial charge in [-0.1, -0.05) is 30.3 Å². The quantitative estimate of drug-likeness (QED) is 0.409. The zero-order valence-electron chi connectivity index (χ0n) is 18.1. The summed E-state index contributed by atoms with van der Waals surface area (Å²) in [6.45, 7) is 8.33. The standard InChI is InChI=1S/C23H36N6/c1-4-24-23(25-13-8-11-21-16-26-28(3)17-21)27-22-12-14-29(19(2)15-22)18-20-9-6-5-7-10-20/h5-7,9-10,16-17,19,22H,4,8,11-15,18H2,1-3H3,(H2,24,25,27). The lowest BCUT2D eigenvalue weighted by molar-refractivity contribution is 0.134. The summed E-state index contributed by atoms with van der Waals surface area (Å²) in [4.78, 5) is 7.38. The van der Waals surface area contributed by atoms with Gasteiger partial charge in [0.1, 0.15) is 0 Å². The van der Waals surface area contributed by atoms with Gasteiger partial charge in [-0.15, -0.1) is 0 Å². The molecule has 1 saturated heterocycles. The van der Waals surface area contributed by atoms with E-state index in [-0.39, 0.29) is 0 Å². The van der Waals surface area contributed by atoms with E-state index >= 15 is 0 Å². The zero-order valence-corrected chi connectivity index (χ0v) is 18.1. The van der Waals surface area contributed by atoms with Crippen LogP contribution in [0.1, 0.15) is 44.2 Å². The number of rotatable bonds is 8. The minimum atomic E-state index is 0.480. The molecule has 0 radical (unpaired) electrons. The number of guanidine groups is 1. The molecule has 1 aromatic carbocycles. The summed E-state index contributed by atoms with van der Waals surface area (Å²) in [5.74, 6) is 0.951. The molecule has 0 aliphatic carbocycles. The fourth-order valence-corrected chi connectivity index (χ4v) is 3.99. The second kappa shape index (κ2) is 11.0. The number of likely N-dealkylation sites (tertiary alicyclic amines) is 1. The van der Waals surface area contributed by atoms with Crippen LogP contribution in [0.5, 0.6) is 0 Å². The van der Waals surface area contributed by atoms with Gasteiger partial charge in [-0.25, -0.2) is 0 Å². The molecular formula is C23H36N6. The van der Waals surface area contributed by atoms with E-state index in [0.717, 1.165) is 57.8 Å². The van der Waals surface area contributed by atoms with Crippen molar-refractivity contribution in [2.75, 3.05) is 19.6 Å². The third-order valence-electron chi connectivity index (χ3n) is 5.58. The minimum Gasteiger partial charge on any atom is -0.357 e. The average molecular weight is 397 g/mol. The van der Waals surface area contributed by atoms with Crippen molar-refractivity contribution in [2.45, 2.75) is 58.2 Å². The summed E-state index contributed by atoms with van der Waals surface area (Å²) in [6.07, 6.45) is 8.37. The second-order valence-corrected chi connectivity index (χ2v) is 8.06. The number of aryl methyl sites for hydroxylation is 2. The normalized spacial score (nSPS) is 20.6. The number of hydrogen-bond acceptors (Lipinski definition) is 3. The Morgan fingerprint density at radius 1 is 1.24 bits per heavy atom. The van der Waals surface area contributed by atoms with Crippen LogP contribution in [0.4, 0.5) is 0 Å². The van der Waals surface area contributed by atoms with Crippen LogP contribution in [0.2, 0.25) is 0 Å². The van der Waals surface area contributed by atoms with E-state index < -0.39 is 0 Å². The monoisotopic (exact) mass is 396 g/mol. The SMILES string of the molecule is CCNC(=NCCCc1cnn(C)c1)NC1CCN(Cc2ccccc2)C(C)C1. The molecule has 2 unspecified atom stereocenters. The molecule has 0 saturated carbocycles. The fraction of sp³-hybridized carbons (Fsp3) is 0.565. The van der Waals surface area contributed by atoms with Crippen molar-refractivity contribution >= 4 is 5.96 Å². The van der Waals surface area contributed by atoms with E-state index in [4.69, 9.17) is 4.99 Å². The van der Waals surface area contributed by atoms with Crippen LogP contribution in [0.25, 0.3) is 0 Å². The Labute approximate surface area is 175 Å². The van der Waals surface area contributed by atoms with Gasteiger partial charge in [0.05, 0.1) is 6.20 Å². The molecule has 1 aliphatic heterocycles. The molecule has 3 rings (SSSR count). The number of benzene rings is 1. The van der Waals surface area contributed by atoms with Gasteiger partial charge in [-0.3, -0.25) is 14.6 Å². The van der Waals surface area contributed by atoms with E-state index in [1.807, 2.05) is 17.9 Å². The van der Waals surface area contributed by atoms with Crippen LogP contribution in [-0.2, 0) is 20.0 Å². The topological polar surface area (TPSA) is 57.5 Å². The van der Waals surface area contributed by atoms with Gasteiger partial charge in [0.25, 0.3) is 0 Å². The third kappa shape index (κ3) is 6.89. The molecule has 1 aliphatic rings. The van der Waals surface area contributed by atoms with Gasteiger partial charge in [-0.2, -0.15) is 5.10 Å². The molecule has 2 heterocycles. The Bertz CT molecular complexity index is 754. The van der Waals surface area contributed by atoms with Crippen molar-refractivity contribution in [3.05, 3.63) is 53.9 Å². The molecule has 29 heavy (non-hydrogen) atoms. The minimum absolute atomic E-state index is 0.480. The molecule has 6 heteroatoms. The van der Waals surface area contributed by atoms with Crippen molar-refractivity contribution in [2.24, 2.45) is 12.0 Å². The van der Waals surface area contributed by atoms with Crippen LogP contribution in [0, 0.1) is 0 Å². The van der Waals surface area contributed by atoms with Crippen LogP contribution in [0.15, 0.2) is 47.7 Å². The second-order valence-electron chi connectivity index (χ2n) is 8.06. The predicted molar refractivity (Wildman–Crippen MR) is 120 cm³/mol. The van der Waals surface area contributed by atoms with Crippen molar-refractivity contribution in [3.63, 3.8) is 0 Å².